The highest BCUT2D eigenvalue weighted by molar-refractivity contribution is 5.95. The van der Waals surface area contributed by atoms with Crippen LogP contribution >= 0.6 is 0 Å². The molecule has 0 aromatic heterocycles. The minimum absolute atomic E-state index is 0.0556. The molecule has 1 aromatic carbocycles. The fourth-order valence-corrected chi connectivity index (χ4v) is 1.59. The molecule has 0 bridgehead atoms. The van der Waals surface area contributed by atoms with Gasteiger partial charge in [0.15, 0.2) is 0 Å². The van der Waals surface area contributed by atoms with Gasteiger partial charge in [0.05, 0.1) is 0 Å². The van der Waals surface area contributed by atoms with Crippen molar-refractivity contribution in [2.75, 3.05) is 5.32 Å². The predicted octanol–water partition coefficient (Wildman–Crippen LogP) is 1.55. The summed E-state index contributed by atoms with van der Waals surface area (Å²) < 4.78 is 0. The molecule has 1 aromatic rings. The first-order valence-electron chi connectivity index (χ1n) is 6.02. The Labute approximate surface area is 111 Å². The van der Waals surface area contributed by atoms with E-state index in [1.807, 2.05) is 6.92 Å². The molecule has 1 unspecified atom stereocenters. The number of amides is 1. The van der Waals surface area contributed by atoms with Gasteiger partial charge in [-0.25, -0.2) is 4.79 Å². The molecule has 0 fully saturated rings. The van der Waals surface area contributed by atoms with Gasteiger partial charge in [0.1, 0.15) is 11.3 Å². The lowest BCUT2D eigenvalue weighted by Gasteiger charge is -2.08. The molecule has 19 heavy (non-hydrogen) atoms. The van der Waals surface area contributed by atoms with Gasteiger partial charge in [-0.1, -0.05) is 0 Å². The number of anilines is 1. The molecule has 1 rings (SSSR count). The summed E-state index contributed by atoms with van der Waals surface area (Å²) in [6, 6.07) is 3.97. The molecule has 6 heteroatoms. The summed E-state index contributed by atoms with van der Waals surface area (Å²) in [5.41, 5.74) is 5.68. The summed E-state index contributed by atoms with van der Waals surface area (Å²) in [5.74, 6) is -1.78. The maximum atomic E-state index is 11.6. The minimum atomic E-state index is -1.24. The minimum Gasteiger partial charge on any atom is -0.507 e. The Morgan fingerprint density at radius 3 is 2.68 bits per heavy atom. The lowest BCUT2D eigenvalue weighted by Crippen LogP contribution is -2.17. The maximum absolute atomic E-state index is 11.6. The number of nitrogens with two attached hydrogens (primary N) is 1. The number of aromatic carboxylic acids is 1. The molecule has 0 spiro atoms. The van der Waals surface area contributed by atoms with Crippen LogP contribution in [0.5, 0.6) is 5.75 Å². The monoisotopic (exact) mass is 266 g/mol. The molecule has 0 saturated carbocycles. The van der Waals surface area contributed by atoms with Crippen LogP contribution in [-0.2, 0) is 4.79 Å². The first-order valence-corrected chi connectivity index (χ1v) is 6.02. The lowest BCUT2D eigenvalue weighted by atomic mass is 10.1. The van der Waals surface area contributed by atoms with Crippen LogP contribution in [0.1, 0.15) is 36.5 Å². The van der Waals surface area contributed by atoms with E-state index >= 15 is 0 Å². The zero-order chi connectivity index (χ0) is 14.4. The molecule has 1 atom stereocenters. The van der Waals surface area contributed by atoms with E-state index in [1.54, 1.807) is 0 Å². The summed E-state index contributed by atoms with van der Waals surface area (Å²) in [6.45, 7) is 1.87. The number of benzene rings is 1. The summed E-state index contributed by atoms with van der Waals surface area (Å²) >= 11 is 0. The van der Waals surface area contributed by atoms with Crippen LogP contribution in [0.4, 0.5) is 5.69 Å². The second kappa shape index (κ2) is 6.75. The summed E-state index contributed by atoms with van der Waals surface area (Å²) in [7, 11) is 0. The van der Waals surface area contributed by atoms with Crippen molar-refractivity contribution >= 4 is 17.6 Å². The molecular weight excluding hydrogens is 248 g/mol. The average molecular weight is 266 g/mol. The van der Waals surface area contributed by atoms with Crippen LogP contribution < -0.4 is 11.1 Å². The highest BCUT2D eigenvalue weighted by Crippen LogP contribution is 2.21. The average Bonchev–Trinajstić information content (AvgIpc) is 2.30. The normalized spacial score (nSPS) is 11.9. The SMILES string of the molecule is CC(N)CCCC(=O)Nc1ccc(O)c(C(=O)O)c1. The molecule has 0 aliphatic heterocycles. The van der Waals surface area contributed by atoms with Crippen LogP contribution in [0.15, 0.2) is 18.2 Å². The quantitative estimate of drug-likeness (QED) is 0.583. The van der Waals surface area contributed by atoms with Crippen LogP contribution in [-0.4, -0.2) is 28.1 Å². The fraction of sp³-hybridized carbons (Fsp3) is 0.385. The van der Waals surface area contributed by atoms with Crippen molar-refractivity contribution in [3.63, 3.8) is 0 Å². The molecule has 1 amide bonds. The van der Waals surface area contributed by atoms with E-state index in [-0.39, 0.29) is 23.3 Å². The van der Waals surface area contributed by atoms with Crippen molar-refractivity contribution in [1.29, 1.82) is 0 Å². The number of hydrogen-bond acceptors (Lipinski definition) is 4. The van der Waals surface area contributed by atoms with Crippen LogP contribution in [0.3, 0.4) is 0 Å². The third kappa shape index (κ3) is 4.97. The van der Waals surface area contributed by atoms with Gasteiger partial charge in [0.25, 0.3) is 0 Å². The topological polar surface area (TPSA) is 113 Å². The molecular formula is C13H18N2O4. The van der Waals surface area contributed by atoms with Gasteiger partial charge in [0.2, 0.25) is 5.91 Å². The number of aromatic hydroxyl groups is 1. The van der Waals surface area contributed by atoms with Crippen molar-refractivity contribution in [2.24, 2.45) is 5.73 Å². The number of nitrogens with one attached hydrogen (secondary N) is 1. The standard InChI is InChI=1S/C13H18N2O4/c1-8(14)3-2-4-12(17)15-9-5-6-11(16)10(7-9)13(18)19/h5-8,16H,2-4,14H2,1H3,(H,15,17)(H,18,19). The summed E-state index contributed by atoms with van der Waals surface area (Å²) in [5, 5.41) is 20.8. The summed E-state index contributed by atoms with van der Waals surface area (Å²) in [4.78, 5) is 22.4. The first-order chi connectivity index (χ1) is 8.90. The van der Waals surface area contributed by atoms with E-state index in [1.165, 1.54) is 18.2 Å². The van der Waals surface area contributed by atoms with Crippen LogP contribution in [0.25, 0.3) is 0 Å². The van der Waals surface area contributed by atoms with Crippen LogP contribution in [0, 0.1) is 0 Å². The van der Waals surface area contributed by atoms with Gasteiger partial charge >= 0.3 is 5.97 Å². The van der Waals surface area contributed by atoms with E-state index in [4.69, 9.17) is 10.8 Å². The number of carboxylic acid groups (broad SMARTS) is 1. The van der Waals surface area contributed by atoms with Gasteiger partial charge in [-0.3, -0.25) is 4.79 Å². The highest BCUT2D eigenvalue weighted by Gasteiger charge is 2.11. The van der Waals surface area contributed by atoms with Gasteiger partial charge in [-0.15, -0.1) is 0 Å². The number of carbonyl (C=O) groups excluding carboxylic acids is 1. The third-order valence-corrected chi connectivity index (χ3v) is 2.57. The first kappa shape index (κ1) is 15.0. The number of carbonyl (C=O) groups is 2. The molecule has 0 aliphatic carbocycles. The van der Waals surface area contributed by atoms with Gasteiger partial charge in [-0.05, 0) is 38.0 Å². The highest BCUT2D eigenvalue weighted by atomic mass is 16.4. The summed E-state index contributed by atoms with van der Waals surface area (Å²) in [6.07, 6.45) is 1.75. The van der Waals surface area contributed by atoms with Crippen molar-refractivity contribution in [3.8, 4) is 5.75 Å². The Morgan fingerprint density at radius 2 is 2.11 bits per heavy atom. The lowest BCUT2D eigenvalue weighted by molar-refractivity contribution is -0.116. The Balaban J connectivity index is 2.60. The van der Waals surface area contributed by atoms with Gasteiger partial charge in [0, 0.05) is 18.2 Å². The van der Waals surface area contributed by atoms with E-state index in [0.717, 1.165) is 6.42 Å². The van der Waals surface area contributed by atoms with Crippen LogP contribution in [0.2, 0.25) is 0 Å². The molecule has 0 saturated heterocycles. The van der Waals surface area contributed by atoms with Crippen molar-refractivity contribution < 1.29 is 19.8 Å². The number of carboxylic acids is 1. The molecule has 6 nitrogen and oxygen atoms in total. The predicted molar refractivity (Wildman–Crippen MR) is 71.2 cm³/mol. The van der Waals surface area contributed by atoms with Crippen molar-refractivity contribution in [1.82, 2.24) is 0 Å². The number of hydrogen-bond donors (Lipinski definition) is 4. The maximum Gasteiger partial charge on any atom is 0.339 e. The Kier molecular flexibility index (Phi) is 5.32. The molecule has 5 N–H and O–H groups in total. The largest absolute Gasteiger partial charge is 0.507 e. The van der Waals surface area contributed by atoms with E-state index < -0.39 is 5.97 Å². The molecule has 0 heterocycles. The molecule has 104 valence electrons. The second-order valence-corrected chi connectivity index (χ2v) is 4.45. The number of phenols is 1. The second-order valence-electron chi connectivity index (χ2n) is 4.45. The smallest absolute Gasteiger partial charge is 0.339 e. The Bertz CT molecular complexity index is 472. The van der Waals surface area contributed by atoms with E-state index in [9.17, 15) is 14.7 Å². The third-order valence-electron chi connectivity index (χ3n) is 2.57. The Hall–Kier alpha value is -2.08. The van der Waals surface area contributed by atoms with E-state index in [2.05, 4.69) is 5.32 Å². The zero-order valence-electron chi connectivity index (χ0n) is 10.7. The van der Waals surface area contributed by atoms with Gasteiger partial charge in [-0.2, -0.15) is 0 Å². The van der Waals surface area contributed by atoms with Gasteiger partial charge < -0.3 is 21.3 Å². The van der Waals surface area contributed by atoms with E-state index in [0.29, 0.717) is 18.5 Å². The fourth-order valence-electron chi connectivity index (χ4n) is 1.59. The number of rotatable bonds is 6. The zero-order valence-corrected chi connectivity index (χ0v) is 10.7. The van der Waals surface area contributed by atoms with Crippen molar-refractivity contribution in [3.05, 3.63) is 23.8 Å². The Morgan fingerprint density at radius 1 is 1.42 bits per heavy atom. The van der Waals surface area contributed by atoms with Crippen molar-refractivity contribution in [2.45, 2.75) is 32.2 Å². The molecule has 0 radical (unpaired) electrons. The molecule has 0 aliphatic rings.